The number of rotatable bonds is 3. The first kappa shape index (κ1) is 15.1. The number of aromatic nitrogens is 2. The Morgan fingerprint density at radius 1 is 1.17 bits per heavy atom. The van der Waals surface area contributed by atoms with Crippen molar-refractivity contribution >= 4 is 44.2 Å². The van der Waals surface area contributed by atoms with Crippen molar-refractivity contribution in [2.45, 2.75) is 12.8 Å². The predicted molar refractivity (Wildman–Crippen MR) is 95.3 cm³/mol. The van der Waals surface area contributed by atoms with E-state index in [1.807, 2.05) is 18.2 Å². The fourth-order valence-corrected chi connectivity index (χ4v) is 3.24. The zero-order valence-electron chi connectivity index (χ0n) is 12.8. The molecule has 7 heteroatoms. The summed E-state index contributed by atoms with van der Waals surface area (Å²) in [4.78, 5) is 23.2. The molecule has 0 atom stereocenters. The molecule has 0 spiro atoms. The molecule has 122 valence electrons. The lowest BCUT2D eigenvalue weighted by atomic mass is 10.2. The van der Waals surface area contributed by atoms with Crippen LogP contribution in [0.5, 0.6) is 0 Å². The van der Waals surface area contributed by atoms with Crippen LogP contribution in [0, 0.1) is 0 Å². The molecule has 4 rings (SSSR count). The van der Waals surface area contributed by atoms with E-state index < -0.39 is 0 Å². The first-order valence-electron chi connectivity index (χ1n) is 7.77. The van der Waals surface area contributed by atoms with Gasteiger partial charge in [0.1, 0.15) is 12.1 Å². The molecular formula is C17H15BrN4O2. The molecule has 1 saturated heterocycles. The molecule has 0 saturated carbocycles. The van der Waals surface area contributed by atoms with E-state index in [9.17, 15) is 4.79 Å². The van der Waals surface area contributed by atoms with E-state index in [0.29, 0.717) is 10.4 Å². The highest BCUT2D eigenvalue weighted by Gasteiger charge is 2.17. The summed E-state index contributed by atoms with van der Waals surface area (Å²) in [5.74, 6) is 0.918. The van der Waals surface area contributed by atoms with Crippen molar-refractivity contribution in [1.82, 2.24) is 9.97 Å². The molecule has 3 aromatic rings. The van der Waals surface area contributed by atoms with Gasteiger partial charge in [-0.1, -0.05) is 0 Å². The van der Waals surface area contributed by atoms with Crippen LogP contribution in [0.3, 0.4) is 0 Å². The largest absolute Gasteiger partial charge is 0.444 e. The molecule has 1 N–H and O–H groups in total. The number of nitrogens with zero attached hydrogens (tertiary/aromatic N) is 3. The topological polar surface area (TPSA) is 71.3 Å². The number of carbonyl (C=O) groups is 1. The molecule has 1 aromatic carbocycles. The highest BCUT2D eigenvalue weighted by Crippen LogP contribution is 2.28. The number of anilines is 2. The zero-order valence-corrected chi connectivity index (χ0v) is 14.4. The van der Waals surface area contributed by atoms with Crippen LogP contribution in [0.25, 0.3) is 10.9 Å². The highest BCUT2D eigenvalue weighted by molar-refractivity contribution is 9.10. The van der Waals surface area contributed by atoms with E-state index >= 15 is 0 Å². The molecule has 1 aliphatic rings. The maximum absolute atomic E-state index is 12.2. The molecule has 3 heterocycles. The van der Waals surface area contributed by atoms with E-state index in [0.717, 1.165) is 29.8 Å². The van der Waals surface area contributed by atoms with Gasteiger partial charge in [-0.3, -0.25) is 4.79 Å². The van der Waals surface area contributed by atoms with Crippen molar-refractivity contribution < 1.29 is 9.21 Å². The molecule has 2 aromatic heterocycles. The van der Waals surface area contributed by atoms with Crippen molar-refractivity contribution in [3.05, 3.63) is 47.1 Å². The zero-order chi connectivity index (χ0) is 16.5. The number of hydrogen-bond acceptors (Lipinski definition) is 5. The average molecular weight is 387 g/mol. The van der Waals surface area contributed by atoms with Crippen LogP contribution < -0.4 is 10.2 Å². The fourth-order valence-electron chi connectivity index (χ4n) is 2.93. The second kappa shape index (κ2) is 6.24. The number of amides is 1. The normalized spacial score (nSPS) is 14.3. The van der Waals surface area contributed by atoms with Gasteiger partial charge in [-0.15, -0.1) is 0 Å². The summed E-state index contributed by atoms with van der Waals surface area (Å²) in [6.07, 6.45) is 3.96. The second-order valence-corrected chi connectivity index (χ2v) is 6.46. The van der Waals surface area contributed by atoms with Crippen LogP contribution in [0.2, 0.25) is 0 Å². The SMILES string of the molecule is O=C(Nc1ccc2c(N3CCCC3)ncnc2c1)c1ccc(Br)o1. The van der Waals surface area contributed by atoms with Gasteiger partial charge in [0.05, 0.1) is 5.52 Å². The van der Waals surface area contributed by atoms with Crippen LogP contribution in [0.1, 0.15) is 23.4 Å². The minimum Gasteiger partial charge on any atom is -0.444 e. The van der Waals surface area contributed by atoms with Crippen molar-refractivity contribution in [2.75, 3.05) is 23.3 Å². The van der Waals surface area contributed by atoms with Gasteiger partial charge in [-0.2, -0.15) is 0 Å². The summed E-state index contributed by atoms with van der Waals surface area (Å²) in [6, 6.07) is 8.98. The lowest BCUT2D eigenvalue weighted by Crippen LogP contribution is -2.19. The Labute approximate surface area is 147 Å². The highest BCUT2D eigenvalue weighted by atomic mass is 79.9. The number of hydrogen-bond donors (Lipinski definition) is 1. The second-order valence-electron chi connectivity index (χ2n) is 5.68. The summed E-state index contributed by atoms with van der Waals surface area (Å²) in [6.45, 7) is 2.05. The Hall–Kier alpha value is -2.41. The molecule has 6 nitrogen and oxygen atoms in total. The maximum Gasteiger partial charge on any atom is 0.291 e. The first-order valence-corrected chi connectivity index (χ1v) is 8.56. The molecule has 24 heavy (non-hydrogen) atoms. The Morgan fingerprint density at radius 3 is 2.75 bits per heavy atom. The first-order chi connectivity index (χ1) is 11.7. The van der Waals surface area contributed by atoms with Crippen molar-refractivity contribution in [3.8, 4) is 0 Å². The number of halogens is 1. The van der Waals surface area contributed by atoms with Gasteiger partial charge in [-0.25, -0.2) is 9.97 Å². The number of fused-ring (bicyclic) bond motifs is 1. The predicted octanol–water partition coefficient (Wildman–Crippen LogP) is 3.84. The van der Waals surface area contributed by atoms with Gasteiger partial charge in [-0.05, 0) is 59.1 Å². The van der Waals surface area contributed by atoms with Gasteiger partial charge < -0.3 is 14.6 Å². The summed E-state index contributed by atoms with van der Waals surface area (Å²) >= 11 is 3.19. The third-order valence-electron chi connectivity index (χ3n) is 4.08. The van der Waals surface area contributed by atoms with E-state index in [1.54, 1.807) is 18.5 Å². The van der Waals surface area contributed by atoms with Gasteiger partial charge >= 0.3 is 0 Å². The molecule has 0 bridgehead atoms. The summed E-state index contributed by atoms with van der Waals surface area (Å²) < 4.78 is 5.79. The molecule has 0 radical (unpaired) electrons. The average Bonchev–Trinajstić information content (AvgIpc) is 3.25. The third-order valence-corrected chi connectivity index (χ3v) is 4.50. The van der Waals surface area contributed by atoms with Crippen molar-refractivity contribution in [3.63, 3.8) is 0 Å². The molecule has 0 unspecified atom stereocenters. The van der Waals surface area contributed by atoms with E-state index in [1.165, 1.54) is 12.8 Å². The van der Waals surface area contributed by atoms with E-state index in [2.05, 4.69) is 36.1 Å². The fraction of sp³-hybridized carbons (Fsp3) is 0.235. The van der Waals surface area contributed by atoms with Gasteiger partial charge in [0.2, 0.25) is 0 Å². The summed E-state index contributed by atoms with van der Waals surface area (Å²) in [5.41, 5.74) is 1.48. The van der Waals surface area contributed by atoms with Crippen LogP contribution in [0.4, 0.5) is 11.5 Å². The standard InChI is InChI=1S/C17H15BrN4O2/c18-15-6-5-14(24-15)17(23)21-11-3-4-12-13(9-11)19-10-20-16(12)22-7-1-2-8-22/h3-6,9-10H,1-2,7-8H2,(H,21,23). The Kier molecular flexibility index (Phi) is 3.93. The smallest absolute Gasteiger partial charge is 0.291 e. The molecular weight excluding hydrogens is 372 g/mol. The van der Waals surface area contributed by atoms with Gasteiger partial charge in [0.25, 0.3) is 5.91 Å². The minimum atomic E-state index is -0.297. The Morgan fingerprint density at radius 2 is 2.00 bits per heavy atom. The van der Waals surface area contributed by atoms with E-state index in [4.69, 9.17) is 4.42 Å². The molecule has 1 aliphatic heterocycles. The van der Waals surface area contributed by atoms with Crippen molar-refractivity contribution in [1.29, 1.82) is 0 Å². The van der Waals surface area contributed by atoms with Crippen molar-refractivity contribution in [2.24, 2.45) is 0 Å². The van der Waals surface area contributed by atoms with Gasteiger partial charge in [0, 0.05) is 24.2 Å². The Balaban J connectivity index is 1.62. The third kappa shape index (κ3) is 2.87. The quantitative estimate of drug-likeness (QED) is 0.740. The van der Waals surface area contributed by atoms with Crippen LogP contribution >= 0.6 is 15.9 Å². The monoisotopic (exact) mass is 386 g/mol. The maximum atomic E-state index is 12.2. The number of nitrogens with one attached hydrogen (secondary N) is 1. The summed E-state index contributed by atoms with van der Waals surface area (Å²) in [5, 5.41) is 3.82. The van der Waals surface area contributed by atoms with Crippen LogP contribution in [-0.4, -0.2) is 29.0 Å². The van der Waals surface area contributed by atoms with Crippen LogP contribution in [-0.2, 0) is 0 Å². The number of benzene rings is 1. The molecule has 1 fully saturated rings. The van der Waals surface area contributed by atoms with Crippen LogP contribution in [0.15, 0.2) is 45.7 Å². The molecule has 1 amide bonds. The minimum absolute atomic E-state index is 0.252. The number of carbonyl (C=O) groups excluding carboxylic acids is 1. The van der Waals surface area contributed by atoms with E-state index in [-0.39, 0.29) is 11.7 Å². The van der Waals surface area contributed by atoms with Gasteiger partial charge in [0.15, 0.2) is 10.4 Å². The lowest BCUT2D eigenvalue weighted by molar-refractivity contribution is 0.0995. The number of furan rings is 1. The lowest BCUT2D eigenvalue weighted by Gasteiger charge is -2.18. The summed E-state index contributed by atoms with van der Waals surface area (Å²) in [7, 11) is 0. The molecule has 0 aliphatic carbocycles. The Bertz CT molecular complexity index is 902.